The number of benzene rings is 4. The van der Waals surface area contributed by atoms with Gasteiger partial charge >= 0.3 is 5.97 Å². The minimum Gasteiger partial charge on any atom is -0.469 e. The molecule has 13 heteroatoms. The predicted octanol–water partition coefficient (Wildman–Crippen LogP) is 7.57. The fourth-order valence-corrected chi connectivity index (χ4v) is 7.78. The number of carbonyl (C=O) groups excluding carboxylic acids is 3. The molecule has 0 unspecified atom stereocenters. The van der Waals surface area contributed by atoms with Crippen LogP contribution in [0.4, 0.5) is 11.4 Å². The number of carbonyl (C=O) groups is 3. The molecule has 2 heterocycles. The summed E-state index contributed by atoms with van der Waals surface area (Å²) in [5, 5.41) is 17.1. The summed E-state index contributed by atoms with van der Waals surface area (Å²) in [5.74, 6) is -1.40. The lowest BCUT2D eigenvalue weighted by Gasteiger charge is -2.34. The summed E-state index contributed by atoms with van der Waals surface area (Å²) in [6, 6.07) is 22.6. The third-order valence-electron chi connectivity index (χ3n) is 8.88. The summed E-state index contributed by atoms with van der Waals surface area (Å²) in [6.45, 7) is 2.49. The predicted molar refractivity (Wildman–Crippen MR) is 203 cm³/mol. The van der Waals surface area contributed by atoms with E-state index in [-0.39, 0.29) is 18.3 Å². The van der Waals surface area contributed by atoms with E-state index in [9.17, 15) is 14.4 Å². The number of hydrogen-bond donors (Lipinski definition) is 3. The average Bonchev–Trinajstić information content (AvgIpc) is 3.09. The molecule has 0 fully saturated rings. The van der Waals surface area contributed by atoms with E-state index in [2.05, 4.69) is 25.2 Å². The van der Waals surface area contributed by atoms with Crippen molar-refractivity contribution in [2.24, 2.45) is 0 Å². The number of ether oxygens (including phenoxy) is 1. The number of fused-ring (bicyclic) bond motifs is 2. The largest absolute Gasteiger partial charge is 0.469 e. The lowest BCUT2D eigenvalue weighted by atomic mass is 9.84. The molecule has 4 aromatic rings. The standard InChI is InChI=1S/C20H20Cl2N2O3.C18H18Cl2N2O2/c1-24-10-15(14-7-12(21)8-17(22)16(14)11-24)13-5-3-4-6-18(13)23-19(25)9-20(26)27-2;1-22-8-14(13-6-11(19)7-16(20)15(13)9-22)12-4-2-3-5-17(12)21-18(24)10-23/h3-8,15H,9-11H2,1-2H3,(H,23,25);2-7,14,23H,8-10H2,1H3,(H,21,24)/t15-;14-/m00/s1. The number of para-hydroxylation sites is 2. The van der Waals surface area contributed by atoms with Crippen molar-refractivity contribution in [2.45, 2.75) is 31.3 Å². The molecule has 0 radical (unpaired) electrons. The monoisotopic (exact) mass is 770 g/mol. The second-order valence-corrected chi connectivity index (χ2v) is 14.3. The second-order valence-electron chi connectivity index (χ2n) is 12.6. The van der Waals surface area contributed by atoms with Gasteiger partial charge in [-0.2, -0.15) is 0 Å². The molecule has 3 N–H and O–H groups in total. The van der Waals surface area contributed by atoms with Crippen LogP contribution in [0, 0.1) is 0 Å². The summed E-state index contributed by atoms with van der Waals surface area (Å²) in [7, 11) is 5.32. The number of methoxy groups -OCH3 is 1. The number of amides is 2. The highest BCUT2D eigenvalue weighted by molar-refractivity contribution is 6.35. The maximum Gasteiger partial charge on any atom is 0.315 e. The van der Waals surface area contributed by atoms with Gasteiger partial charge in [-0.15, -0.1) is 0 Å². The molecule has 51 heavy (non-hydrogen) atoms. The zero-order chi connectivity index (χ0) is 36.8. The van der Waals surface area contributed by atoms with Gasteiger partial charge in [-0.3, -0.25) is 14.4 Å². The van der Waals surface area contributed by atoms with Gasteiger partial charge in [-0.1, -0.05) is 82.8 Å². The zero-order valence-corrected chi connectivity index (χ0v) is 31.3. The molecule has 9 nitrogen and oxygen atoms in total. The molecule has 0 aliphatic carbocycles. The van der Waals surface area contributed by atoms with Crippen molar-refractivity contribution >= 4 is 75.6 Å². The normalized spacial score (nSPS) is 16.9. The first-order valence-corrected chi connectivity index (χ1v) is 17.7. The van der Waals surface area contributed by atoms with Gasteiger partial charge in [0.05, 0.1) is 7.11 Å². The van der Waals surface area contributed by atoms with Crippen LogP contribution in [-0.2, 0) is 32.2 Å². The van der Waals surface area contributed by atoms with Crippen LogP contribution in [0.3, 0.4) is 0 Å². The fourth-order valence-electron chi connectivity index (χ4n) is 6.64. The molecule has 0 spiro atoms. The van der Waals surface area contributed by atoms with E-state index in [0.717, 1.165) is 59.6 Å². The van der Waals surface area contributed by atoms with E-state index in [4.69, 9.17) is 51.5 Å². The third-order valence-corrected chi connectivity index (χ3v) is 9.99. The smallest absolute Gasteiger partial charge is 0.315 e. The highest BCUT2D eigenvalue weighted by Gasteiger charge is 2.30. The Bertz CT molecular complexity index is 1940. The van der Waals surface area contributed by atoms with Crippen molar-refractivity contribution < 1.29 is 24.2 Å². The van der Waals surface area contributed by atoms with Crippen molar-refractivity contribution in [1.82, 2.24) is 9.80 Å². The van der Waals surface area contributed by atoms with Crippen molar-refractivity contribution in [2.75, 3.05) is 51.5 Å². The minimum absolute atomic E-state index is 0.00965. The lowest BCUT2D eigenvalue weighted by Crippen LogP contribution is -2.32. The van der Waals surface area contributed by atoms with Gasteiger partial charge in [0.2, 0.25) is 11.8 Å². The molecule has 4 aromatic carbocycles. The number of nitrogens with one attached hydrogen (secondary N) is 2. The maximum atomic E-state index is 12.2. The van der Waals surface area contributed by atoms with Crippen molar-refractivity contribution in [1.29, 1.82) is 0 Å². The molecule has 0 saturated heterocycles. The Morgan fingerprint density at radius 3 is 1.57 bits per heavy atom. The van der Waals surface area contributed by atoms with E-state index in [1.165, 1.54) is 7.11 Å². The molecule has 0 bridgehead atoms. The van der Waals surface area contributed by atoms with E-state index in [1.807, 2.05) is 74.8 Å². The van der Waals surface area contributed by atoms with Crippen LogP contribution in [-0.4, -0.2) is 73.6 Å². The van der Waals surface area contributed by atoms with Gasteiger partial charge in [0.1, 0.15) is 13.0 Å². The Balaban J connectivity index is 0.000000199. The van der Waals surface area contributed by atoms with Gasteiger partial charge in [0, 0.05) is 69.5 Å². The number of likely N-dealkylation sites (N-methyl/N-ethyl adjacent to an activating group) is 2. The number of rotatable bonds is 7. The quantitative estimate of drug-likeness (QED) is 0.131. The maximum absolute atomic E-state index is 12.2. The first-order chi connectivity index (χ1) is 24.4. The first kappa shape index (κ1) is 38.6. The number of esters is 1. The molecule has 2 atom stereocenters. The zero-order valence-electron chi connectivity index (χ0n) is 28.3. The van der Waals surface area contributed by atoms with Gasteiger partial charge in [0.15, 0.2) is 0 Å². The fraction of sp³-hybridized carbons (Fsp3) is 0.289. The van der Waals surface area contributed by atoms with Crippen LogP contribution in [0.15, 0.2) is 72.8 Å². The molecular formula is C38H38Cl4N4O5. The van der Waals surface area contributed by atoms with Crippen LogP contribution < -0.4 is 10.6 Å². The van der Waals surface area contributed by atoms with E-state index < -0.39 is 24.4 Å². The summed E-state index contributed by atoms with van der Waals surface area (Å²) in [4.78, 5) is 39.5. The number of aliphatic hydroxyl groups is 1. The summed E-state index contributed by atoms with van der Waals surface area (Å²) in [5.41, 5.74) is 7.51. The Morgan fingerprint density at radius 1 is 0.706 bits per heavy atom. The number of halogens is 4. The Kier molecular flexibility index (Phi) is 13.0. The van der Waals surface area contributed by atoms with Crippen LogP contribution in [0.5, 0.6) is 0 Å². The lowest BCUT2D eigenvalue weighted by molar-refractivity contribution is -0.142. The summed E-state index contributed by atoms with van der Waals surface area (Å²) < 4.78 is 4.56. The third kappa shape index (κ3) is 9.42. The Morgan fingerprint density at radius 2 is 1.14 bits per heavy atom. The van der Waals surface area contributed by atoms with Gasteiger partial charge in [0.25, 0.3) is 0 Å². The number of aliphatic hydroxyl groups excluding tert-OH is 1. The molecule has 2 amide bonds. The van der Waals surface area contributed by atoms with Crippen molar-refractivity contribution in [3.8, 4) is 0 Å². The highest BCUT2D eigenvalue weighted by Crippen LogP contribution is 2.42. The van der Waals surface area contributed by atoms with Gasteiger partial charge in [-0.05, 0) is 83.9 Å². The van der Waals surface area contributed by atoms with E-state index in [0.29, 0.717) is 31.5 Å². The topological polar surface area (TPSA) is 111 Å². The average molecular weight is 773 g/mol. The first-order valence-electron chi connectivity index (χ1n) is 16.2. The number of anilines is 2. The van der Waals surface area contributed by atoms with Crippen LogP contribution in [0.25, 0.3) is 0 Å². The number of hydrogen-bond acceptors (Lipinski definition) is 7. The summed E-state index contributed by atoms with van der Waals surface area (Å²) >= 11 is 25.3. The highest BCUT2D eigenvalue weighted by atomic mass is 35.5. The van der Waals surface area contributed by atoms with Crippen molar-refractivity contribution in [3.63, 3.8) is 0 Å². The number of nitrogens with zero attached hydrogens (tertiary/aromatic N) is 2. The Hall–Kier alpha value is -3.67. The molecule has 0 aromatic heterocycles. The summed E-state index contributed by atoms with van der Waals surface area (Å²) in [6.07, 6.45) is -0.330. The van der Waals surface area contributed by atoms with E-state index in [1.54, 1.807) is 12.1 Å². The van der Waals surface area contributed by atoms with Crippen LogP contribution >= 0.6 is 46.4 Å². The molecule has 2 aliphatic rings. The van der Waals surface area contributed by atoms with Crippen LogP contribution in [0.2, 0.25) is 20.1 Å². The molecule has 0 saturated carbocycles. The van der Waals surface area contributed by atoms with Gasteiger partial charge < -0.3 is 30.3 Å². The van der Waals surface area contributed by atoms with Crippen molar-refractivity contribution in [3.05, 3.63) is 126 Å². The molecule has 268 valence electrons. The Labute approximate surface area is 317 Å². The molecule has 6 rings (SSSR count). The molecular weight excluding hydrogens is 734 g/mol. The second kappa shape index (κ2) is 17.2. The SMILES string of the molecule is CN1Cc2c(Cl)cc(Cl)cc2[C@H](c2ccccc2NC(=O)CO)C1.COC(=O)CC(=O)Nc1ccccc1[C@@H]1CN(C)Cc2c(Cl)cc(Cl)cc21. The van der Waals surface area contributed by atoms with E-state index >= 15 is 0 Å². The van der Waals surface area contributed by atoms with Crippen LogP contribution in [0.1, 0.15) is 51.6 Å². The van der Waals surface area contributed by atoms with Gasteiger partial charge in [-0.25, -0.2) is 0 Å². The minimum atomic E-state index is -0.578. The molecule has 2 aliphatic heterocycles.